The fraction of sp³-hybridized carbons (Fsp3) is 0.0833. The van der Waals surface area contributed by atoms with E-state index < -0.39 is 23.8 Å². The predicted molar refractivity (Wildman–Crippen MR) is 121 cm³/mol. The number of nitrogens with one attached hydrogen (secondary N) is 1. The van der Waals surface area contributed by atoms with E-state index in [4.69, 9.17) is 9.47 Å². The van der Waals surface area contributed by atoms with Gasteiger partial charge in [-0.3, -0.25) is 14.9 Å². The van der Waals surface area contributed by atoms with Crippen molar-refractivity contribution in [1.82, 2.24) is 9.88 Å². The van der Waals surface area contributed by atoms with E-state index in [1.54, 1.807) is 41.1 Å². The largest absolute Gasteiger partial charge is 0.497 e. The van der Waals surface area contributed by atoms with Crippen LogP contribution in [0.4, 0.5) is 10.5 Å². The van der Waals surface area contributed by atoms with Crippen LogP contribution in [0.3, 0.4) is 0 Å². The summed E-state index contributed by atoms with van der Waals surface area (Å²) in [5, 5.41) is 11.4. The zero-order valence-corrected chi connectivity index (χ0v) is 18.1. The van der Waals surface area contributed by atoms with E-state index >= 15 is 0 Å². The Bertz CT molecular complexity index is 1360. The van der Waals surface area contributed by atoms with Gasteiger partial charge in [-0.05, 0) is 48.5 Å². The number of anilines is 1. The monoisotopic (exact) mass is 461 g/mol. The fourth-order valence-electron chi connectivity index (χ4n) is 3.53. The molecule has 1 aromatic heterocycles. The highest BCUT2D eigenvalue weighted by molar-refractivity contribution is 6.39. The van der Waals surface area contributed by atoms with Gasteiger partial charge in [0.2, 0.25) is 0 Å². The summed E-state index contributed by atoms with van der Waals surface area (Å²) in [4.78, 5) is 50.6. The highest BCUT2D eigenvalue weighted by Gasteiger charge is 2.38. The van der Waals surface area contributed by atoms with Crippen molar-refractivity contribution in [2.45, 2.75) is 0 Å². The number of rotatable bonds is 6. The van der Waals surface area contributed by atoms with Gasteiger partial charge in [0, 0.05) is 23.6 Å². The molecule has 0 unspecified atom stereocenters. The standard InChI is InChI=1S/C24H19N3O7/c1-33-17-8-9-19(20(13-17)34-2)27-22(29)18(21(28)25-24(27)32)12-16-7-4-10-26(16)15-6-3-5-14(11-15)23(30)31/h3-13H,1-2H3,(H,30,31)(H,25,28,32)/b18-12-. The van der Waals surface area contributed by atoms with Crippen molar-refractivity contribution in [3.05, 3.63) is 77.6 Å². The Hall–Kier alpha value is -4.86. The average molecular weight is 461 g/mol. The second-order valence-electron chi connectivity index (χ2n) is 7.15. The van der Waals surface area contributed by atoms with Gasteiger partial charge in [-0.25, -0.2) is 14.5 Å². The number of barbiturate groups is 1. The molecule has 0 saturated carbocycles. The Balaban J connectivity index is 1.76. The molecule has 1 aliphatic heterocycles. The summed E-state index contributed by atoms with van der Waals surface area (Å²) < 4.78 is 12.1. The van der Waals surface area contributed by atoms with E-state index in [1.807, 2.05) is 0 Å². The van der Waals surface area contributed by atoms with Crippen LogP contribution in [0.25, 0.3) is 11.8 Å². The molecule has 34 heavy (non-hydrogen) atoms. The molecule has 2 heterocycles. The molecular formula is C24H19N3O7. The van der Waals surface area contributed by atoms with Gasteiger partial charge in [-0.2, -0.15) is 0 Å². The minimum atomic E-state index is -1.08. The van der Waals surface area contributed by atoms with Crippen molar-refractivity contribution in [2.24, 2.45) is 0 Å². The summed E-state index contributed by atoms with van der Waals surface area (Å²) in [6, 6.07) is 13.1. The predicted octanol–water partition coefficient (Wildman–Crippen LogP) is 2.86. The van der Waals surface area contributed by atoms with Crippen LogP contribution in [-0.2, 0) is 9.59 Å². The minimum absolute atomic E-state index is 0.0830. The molecule has 1 aliphatic rings. The number of imide groups is 2. The highest BCUT2D eigenvalue weighted by atomic mass is 16.5. The Morgan fingerprint density at radius 3 is 2.50 bits per heavy atom. The maximum atomic E-state index is 13.3. The molecule has 4 rings (SSSR count). The molecule has 0 atom stereocenters. The number of methoxy groups -OCH3 is 2. The molecule has 2 aromatic carbocycles. The lowest BCUT2D eigenvalue weighted by atomic mass is 10.1. The van der Waals surface area contributed by atoms with Crippen LogP contribution in [0.5, 0.6) is 11.5 Å². The highest BCUT2D eigenvalue weighted by Crippen LogP contribution is 2.34. The fourth-order valence-corrected chi connectivity index (χ4v) is 3.53. The zero-order valence-electron chi connectivity index (χ0n) is 18.1. The van der Waals surface area contributed by atoms with Crippen molar-refractivity contribution in [2.75, 3.05) is 19.1 Å². The number of carbonyl (C=O) groups excluding carboxylic acids is 3. The Kier molecular flexibility index (Phi) is 5.88. The molecule has 1 fully saturated rings. The molecule has 1 saturated heterocycles. The number of carboxylic acids is 1. The number of carboxylic acid groups (broad SMARTS) is 1. The first kappa shape index (κ1) is 22.3. The SMILES string of the molecule is COc1ccc(N2C(=O)NC(=O)/C(=C/c3cccn3-c3cccc(C(=O)O)c3)C2=O)c(OC)c1. The topological polar surface area (TPSA) is 127 Å². The van der Waals surface area contributed by atoms with Crippen LogP contribution in [-0.4, -0.2) is 47.7 Å². The third-order valence-electron chi connectivity index (χ3n) is 5.17. The molecule has 0 aliphatic carbocycles. The van der Waals surface area contributed by atoms with Gasteiger partial charge < -0.3 is 19.1 Å². The van der Waals surface area contributed by atoms with Gasteiger partial charge in [-0.1, -0.05) is 6.07 Å². The van der Waals surface area contributed by atoms with Crippen LogP contribution >= 0.6 is 0 Å². The Labute approximate surface area is 193 Å². The van der Waals surface area contributed by atoms with Crippen molar-refractivity contribution in [1.29, 1.82) is 0 Å². The molecule has 10 nitrogen and oxygen atoms in total. The Morgan fingerprint density at radius 2 is 1.79 bits per heavy atom. The molecule has 0 radical (unpaired) electrons. The van der Waals surface area contributed by atoms with E-state index in [0.717, 1.165) is 4.90 Å². The number of aromatic carboxylic acids is 1. The number of hydrogen-bond acceptors (Lipinski definition) is 6. The van der Waals surface area contributed by atoms with E-state index in [9.17, 15) is 24.3 Å². The first-order valence-corrected chi connectivity index (χ1v) is 9.98. The van der Waals surface area contributed by atoms with E-state index in [0.29, 0.717) is 17.1 Å². The number of aromatic nitrogens is 1. The number of ether oxygens (including phenoxy) is 2. The number of carbonyl (C=O) groups is 4. The molecule has 172 valence electrons. The van der Waals surface area contributed by atoms with Crippen LogP contribution < -0.4 is 19.7 Å². The number of hydrogen-bond donors (Lipinski definition) is 2. The molecule has 2 N–H and O–H groups in total. The first-order valence-electron chi connectivity index (χ1n) is 9.98. The lowest BCUT2D eigenvalue weighted by Gasteiger charge is -2.27. The van der Waals surface area contributed by atoms with Gasteiger partial charge in [0.25, 0.3) is 11.8 Å². The summed E-state index contributed by atoms with van der Waals surface area (Å²) in [7, 11) is 2.85. The molecular weight excluding hydrogens is 442 g/mol. The second kappa shape index (κ2) is 8.94. The number of benzene rings is 2. The first-order chi connectivity index (χ1) is 16.3. The van der Waals surface area contributed by atoms with Crippen LogP contribution in [0, 0.1) is 0 Å². The maximum Gasteiger partial charge on any atom is 0.336 e. The summed E-state index contributed by atoms with van der Waals surface area (Å²) in [5.74, 6) is -2.13. The minimum Gasteiger partial charge on any atom is -0.497 e. The quantitative estimate of drug-likeness (QED) is 0.427. The lowest BCUT2D eigenvalue weighted by molar-refractivity contribution is -0.122. The second-order valence-corrected chi connectivity index (χ2v) is 7.15. The van der Waals surface area contributed by atoms with Crippen molar-refractivity contribution >= 4 is 35.6 Å². The average Bonchev–Trinajstić information content (AvgIpc) is 3.30. The van der Waals surface area contributed by atoms with Gasteiger partial charge >= 0.3 is 12.0 Å². The molecule has 0 bridgehead atoms. The van der Waals surface area contributed by atoms with Crippen LogP contribution in [0.1, 0.15) is 16.1 Å². The van der Waals surface area contributed by atoms with Gasteiger partial charge in [0.1, 0.15) is 17.1 Å². The molecule has 4 amide bonds. The molecule has 0 spiro atoms. The van der Waals surface area contributed by atoms with Crippen molar-refractivity contribution < 1.29 is 33.8 Å². The molecule has 10 heteroatoms. The van der Waals surface area contributed by atoms with E-state index in [2.05, 4.69) is 5.32 Å². The normalized spacial score (nSPS) is 14.8. The van der Waals surface area contributed by atoms with Gasteiger partial charge in [0.05, 0.1) is 25.5 Å². The van der Waals surface area contributed by atoms with Crippen molar-refractivity contribution in [3.63, 3.8) is 0 Å². The summed E-state index contributed by atoms with van der Waals surface area (Å²) in [6.45, 7) is 0. The maximum absolute atomic E-state index is 13.3. The number of urea groups is 1. The van der Waals surface area contributed by atoms with Gasteiger partial charge in [0.15, 0.2) is 0 Å². The number of amides is 4. The van der Waals surface area contributed by atoms with Crippen LogP contribution in [0.15, 0.2) is 66.4 Å². The third-order valence-corrected chi connectivity index (χ3v) is 5.17. The summed E-state index contributed by atoms with van der Waals surface area (Å²) in [5.41, 5.74) is 0.877. The molecule has 3 aromatic rings. The van der Waals surface area contributed by atoms with Crippen LogP contribution in [0.2, 0.25) is 0 Å². The zero-order chi connectivity index (χ0) is 24.4. The smallest absolute Gasteiger partial charge is 0.336 e. The lowest BCUT2D eigenvalue weighted by Crippen LogP contribution is -2.54. The van der Waals surface area contributed by atoms with Crippen molar-refractivity contribution in [3.8, 4) is 17.2 Å². The Morgan fingerprint density at radius 1 is 1.00 bits per heavy atom. The third kappa shape index (κ3) is 3.99. The van der Waals surface area contributed by atoms with E-state index in [1.165, 1.54) is 44.6 Å². The summed E-state index contributed by atoms with van der Waals surface area (Å²) >= 11 is 0. The summed E-state index contributed by atoms with van der Waals surface area (Å²) in [6.07, 6.45) is 2.99. The van der Waals surface area contributed by atoms with E-state index in [-0.39, 0.29) is 22.6 Å². The number of nitrogens with zero attached hydrogens (tertiary/aromatic N) is 2. The van der Waals surface area contributed by atoms with Gasteiger partial charge in [-0.15, -0.1) is 0 Å².